The van der Waals surface area contributed by atoms with Crippen LogP contribution in [0.2, 0.25) is 0 Å². The van der Waals surface area contributed by atoms with Gasteiger partial charge in [-0.15, -0.1) is 0 Å². The van der Waals surface area contributed by atoms with Crippen molar-refractivity contribution >= 4 is 11.8 Å². The minimum absolute atomic E-state index is 0.0574. The predicted octanol–water partition coefficient (Wildman–Crippen LogP) is 3.24. The highest BCUT2D eigenvalue weighted by Gasteiger charge is 2.64. The van der Waals surface area contributed by atoms with Gasteiger partial charge in [0.05, 0.1) is 22.7 Å². The van der Waals surface area contributed by atoms with Crippen molar-refractivity contribution < 1.29 is 9.59 Å². The SMILES string of the molecule is CCC[C@@H]1N(N2C(=O)c3ccccc3C2=O)[C@]1(C)CCC. The molecule has 1 saturated heterocycles. The van der Waals surface area contributed by atoms with Gasteiger partial charge in [-0.1, -0.05) is 38.8 Å². The number of carbonyl (C=O) groups is 2. The number of hydrogen-bond donors (Lipinski definition) is 0. The third-order valence-electron chi connectivity index (χ3n) is 4.78. The van der Waals surface area contributed by atoms with Gasteiger partial charge < -0.3 is 0 Å². The van der Waals surface area contributed by atoms with Crippen LogP contribution in [-0.4, -0.2) is 33.4 Å². The largest absolute Gasteiger partial charge is 0.276 e. The molecule has 0 aromatic heterocycles. The molecule has 2 heterocycles. The summed E-state index contributed by atoms with van der Waals surface area (Å²) in [6, 6.07) is 7.40. The van der Waals surface area contributed by atoms with Crippen molar-refractivity contribution in [2.24, 2.45) is 0 Å². The van der Waals surface area contributed by atoms with E-state index in [0.29, 0.717) is 17.2 Å². The minimum Gasteiger partial charge on any atom is -0.267 e. The molecule has 0 saturated carbocycles. The molecule has 0 spiro atoms. The molecule has 2 aliphatic heterocycles. The van der Waals surface area contributed by atoms with Crippen LogP contribution in [0.25, 0.3) is 0 Å². The van der Waals surface area contributed by atoms with Crippen molar-refractivity contribution in [3.05, 3.63) is 35.4 Å². The first kappa shape index (κ1) is 14.3. The Kier molecular flexibility index (Phi) is 3.36. The highest BCUT2D eigenvalue weighted by Crippen LogP contribution is 2.50. The molecule has 1 fully saturated rings. The Morgan fingerprint density at radius 1 is 1.05 bits per heavy atom. The quantitative estimate of drug-likeness (QED) is 0.616. The molecule has 0 radical (unpaired) electrons. The van der Waals surface area contributed by atoms with Gasteiger partial charge in [-0.05, 0) is 31.9 Å². The molecule has 21 heavy (non-hydrogen) atoms. The molecule has 1 unspecified atom stereocenters. The molecule has 1 aromatic carbocycles. The molecule has 4 nitrogen and oxygen atoms in total. The van der Waals surface area contributed by atoms with E-state index in [9.17, 15) is 9.59 Å². The maximum atomic E-state index is 12.6. The first-order valence-corrected chi connectivity index (χ1v) is 7.83. The van der Waals surface area contributed by atoms with Crippen molar-refractivity contribution in [1.82, 2.24) is 10.0 Å². The maximum Gasteiger partial charge on any atom is 0.276 e. The van der Waals surface area contributed by atoms with E-state index in [4.69, 9.17) is 0 Å². The molecule has 0 aliphatic carbocycles. The second-order valence-electron chi connectivity index (χ2n) is 6.22. The molecule has 112 valence electrons. The van der Waals surface area contributed by atoms with Crippen LogP contribution >= 0.6 is 0 Å². The van der Waals surface area contributed by atoms with E-state index in [0.717, 1.165) is 25.7 Å². The van der Waals surface area contributed by atoms with Gasteiger partial charge in [0.1, 0.15) is 0 Å². The Labute approximate surface area is 125 Å². The number of amides is 2. The van der Waals surface area contributed by atoms with E-state index in [-0.39, 0.29) is 17.4 Å². The van der Waals surface area contributed by atoms with Gasteiger partial charge in [0.15, 0.2) is 0 Å². The van der Waals surface area contributed by atoms with E-state index >= 15 is 0 Å². The van der Waals surface area contributed by atoms with E-state index < -0.39 is 0 Å². The Morgan fingerprint density at radius 3 is 2.10 bits per heavy atom. The van der Waals surface area contributed by atoms with Gasteiger partial charge in [0.25, 0.3) is 11.8 Å². The summed E-state index contributed by atoms with van der Waals surface area (Å²) in [4.78, 5) is 25.2. The monoisotopic (exact) mass is 286 g/mol. The minimum atomic E-state index is -0.170. The predicted molar refractivity (Wildman–Crippen MR) is 80.8 cm³/mol. The maximum absolute atomic E-state index is 12.6. The van der Waals surface area contributed by atoms with Gasteiger partial charge in [-0.2, -0.15) is 5.01 Å². The average molecular weight is 286 g/mol. The van der Waals surface area contributed by atoms with E-state index in [2.05, 4.69) is 20.8 Å². The number of hydrogen-bond acceptors (Lipinski definition) is 3. The van der Waals surface area contributed by atoms with E-state index in [1.165, 1.54) is 5.01 Å². The molecule has 3 atom stereocenters. The van der Waals surface area contributed by atoms with Crippen LogP contribution in [0.3, 0.4) is 0 Å². The summed E-state index contributed by atoms with van der Waals surface area (Å²) in [6.07, 6.45) is 4.13. The first-order chi connectivity index (χ1) is 10.1. The highest BCUT2D eigenvalue weighted by atomic mass is 16.2. The smallest absolute Gasteiger partial charge is 0.267 e. The average Bonchev–Trinajstić information content (AvgIpc) is 2.93. The Morgan fingerprint density at radius 2 is 1.62 bits per heavy atom. The molecule has 1 aromatic rings. The van der Waals surface area contributed by atoms with Crippen molar-refractivity contribution in [1.29, 1.82) is 0 Å². The zero-order chi connectivity index (χ0) is 15.2. The summed E-state index contributed by atoms with van der Waals surface area (Å²) >= 11 is 0. The van der Waals surface area contributed by atoms with Gasteiger partial charge in [-0.25, -0.2) is 5.01 Å². The highest BCUT2D eigenvalue weighted by molar-refractivity contribution is 6.21. The third-order valence-corrected chi connectivity index (χ3v) is 4.78. The van der Waals surface area contributed by atoms with Gasteiger partial charge in [-0.3, -0.25) is 9.59 Å². The topological polar surface area (TPSA) is 40.4 Å². The van der Waals surface area contributed by atoms with Crippen molar-refractivity contribution in [3.8, 4) is 0 Å². The summed E-state index contributed by atoms with van der Waals surface area (Å²) in [5.74, 6) is -0.340. The standard InChI is InChI=1S/C17H22N2O2/c1-4-8-14-17(3,11-5-2)19(14)18-15(20)12-9-6-7-10-13(12)16(18)21/h6-7,9-10,14H,4-5,8,11H2,1-3H3/t14-,17+,19?/m0/s1. The molecule has 4 heteroatoms. The molecule has 2 amide bonds. The lowest BCUT2D eigenvalue weighted by Crippen LogP contribution is -2.39. The lowest BCUT2D eigenvalue weighted by atomic mass is 9.99. The Hall–Kier alpha value is -1.68. The van der Waals surface area contributed by atoms with Crippen LogP contribution in [0.4, 0.5) is 0 Å². The normalized spacial score (nSPS) is 30.7. The van der Waals surface area contributed by atoms with E-state index in [1.54, 1.807) is 12.1 Å². The fourth-order valence-electron chi connectivity index (χ4n) is 3.72. The molecule has 0 bridgehead atoms. The summed E-state index contributed by atoms with van der Waals surface area (Å²) in [5, 5.41) is 3.41. The van der Waals surface area contributed by atoms with Gasteiger partial charge in [0.2, 0.25) is 0 Å². The lowest BCUT2D eigenvalue weighted by molar-refractivity contribution is 0.0291. The van der Waals surface area contributed by atoms with Crippen LogP contribution < -0.4 is 0 Å². The lowest BCUT2D eigenvalue weighted by Gasteiger charge is -2.19. The number of imide groups is 1. The number of nitrogens with zero attached hydrogens (tertiary/aromatic N) is 2. The first-order valence-electron chi connectivity index (χ1n) is 7.83. The summed E-state index contributed by atoms with van der Waals surface area (Å²) in [5.41, 5.74) is 1.00. The van der Waals surface area contributed by atoms with Crippen LogP contribution in [0.1, 0.15) is 67.2 Å². The fraction of sp³-hybridized carbons (Fsp3) is 0.529. The number of fused-ring (bicyclic) bond motifs is 1. The molecular formula is C17H22N2O2. The van der Waals surface area contributed by atoms with Crippen LogP contribution in [0.15, 0.2) is 24.3 Å². The fourth-order valence-corrected chi connectivity index (χ4v) is 3.72. The molecule has 3 rings (SSSR count). The molecule has 2 aliphatic rings. The summed E-state index contributed by atoms with van der Waals surface area (Å²) < 4.78 is 0. The Balaban J connectivity index is 1.92. The molecular weight excluding hydrogens is 264 g/mol. The number of carbonyl (C=O) groups excluding carboxylic acids is 2. The van der Waals surface area contributed by atoms with Crippen LogP contribution in [-0.2, 0) is 0 Å². The van der Waals surface area contributed by atoms with Gasteiger partial charge in [0, 0.05) is 0 Å². The molecule has 0 N–H and O–H groups in total. The Bertz CT molecular complexity index is 563. The van der Waals surface area contributed by atoms with E-state index in [1.807, 2.05) is 17.1 Å². The summed E-state index contributed by atoms with van der Waals surface area (Å²) in [7, 11) is 0. The number of rotatable bonds is 5. The number of hydrazine groups is 1. The van der Waals surface area contributed by atoms with Crippen molar-refractivity contribution in [2.45, 2.75) is 58.0 Å². The zero-order valence-electron chi connectivity index (χ0n) is 12.9. The van der Waals surface area contributed by atoms with Crippen molar-refractivity contribution in [3.63, 3.8) is 0 Å². The zero-order valence-corrected chi connectivity index (χ0v) is 12.9. The van der Waals surface area contributed by atoms with Crippen molar-refractivity contribution in [2.75, 3.05) is 0 Å². The van der Waals surface area contributed by atoms with Crippen LogP contribution in [0.5, 0.6) is 0 Å². The summed E-state index contributed by atoms with van der Waals surface area (Å²) in [6.45, 7) is 6.46. The van der Waals surface area contributed by atoms with Crippen LogP contribution in [0, 0.1) is 0 Å². The second-order valence-corrected chi connectivity index (χ2v) is 6.22. The van der Waals surface area contributed by atoms with Gasteiger partial charge >= 0.3 is 0 Å². The third kappa shape index (κ3) is 1.93. The number of benzene rings is 1. The second kappa shape index (κ2) is 4.95.